The summed E-state index contributed by atoms with van der Waals surface area (Å²) in [5.41, 5.74) is 5.50. The van der Waals surface area contributed by atoms with Crippen LogP contribution >= 0.6 is 11.6 Å². The lowest BCUT2D eigenvalue weighted by molar-refractivity contribution is 0.233. The molecule has 174 valence electrons. The number of fused-ring (bicyclic) bond motifs is 1. The first-order valence-electron chi connectivity index (χ1n) is 11.7. The van der Waals surface area contributed by atoms with E-state index in [2.05, 4.69) is 63.0 Å². The largest absolute Gasteiger partial charge is 0.496 e. The van der Waals surface area contributed by atoms with E-state index in [1.165, 1.54) is 11.1 Å². The first-order chi connectivity index (χ1) is 16.7. The molecule has 0 radical (unpaired) electrons. The van der Waals surface area contributed by atoms with Gasteiger partial charge in [-0.15, -0.1) is 0 Å². The second-order valence-corrected chi connectivity index (χ2v) is 9.08. The third-order valence-corrected chi connectivity index (χ3v) is 6.60. The zero-order valence-electron chi connectivity index (χ0n) is 19.3. The lowest BCUT2D eigenvalue weighted by Crippen LogP contribution is -2.42. The molecular weight excluding hydrogens is 444 g/mol. The van der Waals surface area contributed by atoms with E-state index >= 15 is 0 Å². The normalized spacial score (nSPS) is 15.2. The van der Waals surface area contributed by atoms with Crippen molar-refractivity contribution in [3.8, 4) is 5.75 Å². The van der Waals surface area contributed by atoms with Crippen LogP contribution in [0.3, 0.4) is 0 Å². The zero-order valence-corrected chi connectivity index (χ0v) is 20.1. The highest BCUT2D eigenvalue weighted by Crippen LogP contribution is 2.31. The summed E-state index contributed by atoms with van der Waals surface area (Å²) in [6, 6.07) is 24.9. The second kappa shape index (κ2) is 10.4. The van der Waals surface area contributed by atoms with Gasteiger partial charge in [0, 0.05) is 43.1 Å². The van der Waals surface area contributed by atoms with E-state index in [0.29, 0.717) is 0 Å². The minimum Gasteiger partial charge on any atom is -0.496 e. The van der Waals surface area contributed by atoms with Crippen LogP contribution in [0.15, 0.2) is 79.0 Å². The fraction of sp³-hybridized carbons (Fsp3) is 0.250. The topological polar surface area (TPSA) is 49.4 Å². The van der Waals surface area contributed by atoms with Gasteiger partial charge in [0.05, 0.1) is 30.6 Å². The minimum absolute atomic E-state index is 0.0422. The van der Waals surface area contributed by atoms with Crippen molar-refractivity contribution in [3.63, 3.8) is 0 Å². The highest BCUT2D eigenvalue weighted by molar-refractivity contribution is 6.30. The van der Waals surface area contributed by atoms with Crippen molar-refractivity contribution in [2.45, 2.75) is 12.6 Å². The second-order valence-electron chi connectivity index (χ2n) is 8.65. The summed E-state index contributed by atoms with van der Waals surface area (Å²) in [6.45, 7) is 5.29. The van der Waals surface area contributed by atoms with E-state index in [9.17, 15) is 0 Å². The van der Waals surface area contributed by atoms with Crippen LogP contribution in [0.1, 0.15) is 22.7 Å². The average Bonchev–Trinajstić information content (AvgIpc) is 2.89. The first kappa shape index (κ1) is 22.7. The van der Waals surface area contributed by atoms with Crippen molar-refractivity contribution in [2.24, 2.45) is 0 Å². The molecule has 3 aromatic carbocycles. The van der Waals surface area contributed by atoms with Crippen LogP contribution in [-0.4, -0.2) is 43.2 Å². The summed E-state index contributed by atoms with van der Waals surface area (Å²) in [6.07, 6.45) is 1.88. The summed E-state index contributed by atoms with van der Waals surface area (Å²) in [5, 5.41) is 8.82. The lowest BCUT2D eigenvalue weighted by Gasteiger charge is -2.27. The summed E-state index contributed by atoms with van der Waals surface area (Å²) in [5.74, 6) is 0.814. The van der Waals surface area contributed by atoms with Crippen LogP contribution in [0.25, 0.3) is 10.9 Å². The van der Waals surface area contributed by atoms with Gasteiger partial charge >= 0.3 is 0 Å². The smallest absolute Gasteiger partial charge is 0.128 e. The molecule has 2 heterocycles. The highest BCUT2D eigenvalue weighted by Gasteiger charge is 2.16. The molecule has 0 saturated carbocycles. The number of halogens is 1. The SMILES string of the molecule is COc1cccc2ncc(NC(c3ccc(Cl)cc3)c3ccc(CN4CCNCC4)cc3)cc12. The van der Waals surface area contributed by atoms with Gasteiger partial charge in [-0.2, -0.15) is 0 Å². The molecule has 1 fully saturated rings. The molecule has 1 saturated heterocycles. The van der Waals surface area contributed by atoms with Gasteiger partial charge in [0.2, 0.25) is 0 Å². The quantitative estimate of drug-likeness (QED) is 0.371. The Morgan fingerprint density at radius 2 is 1.71 bits per heavy atom. The lowest BCUT2D eigenvalue weighted by atomic mass is 9.97. The number of rotatable bonds is 7. The van der Waals surface area contributed by atoms with Gasteiger partial charge in [-0.3, -0.25) is 9.88 Å². The fourth-order valence-electron chi connectivity index (χ4n) is 4.50. The van der Waals surface area contributed by atoms with Gasteiger partial charge in [0.25, 0.3) is 0 Å². The Morgan fingerprint density at radius 1 is 1.00 bits per heavy atom. The molecule has 1 atom stereocenters. The molecule has 6 heteroatoms. The molecule has 0 spiro atoms. The number of methoxy groups -OCH3 is 1. The van der Waals surface area contributed by atoms with E-state index in [-0.39, 0.29) is 6.04 Å². The molecule has 0 aliphatic carbocycles. The van der Waals surface area contributed by atoms with Crippen LogP contribution in [0.5, 0.6) is 5.75 Å². The molecule has 1 unspecified atom stereocenters. The van der Waals surface area contributed by atoms with Gasteiger partial charge in [-0.1, -0.05) is 54.1 Å². The molecule has 1 aliphatic rings. The van der Waals surface area contributed by atoms with Gasteiger partial charge in [0.15, 0.2) is 0 Å². The molecule has 5 rings (SSSR count). The standard InChI is InChI=1S/C28H29ClN4O/c1-34-27-4-2-3-26-25(27)17-24(18-31-26)32-28(22-9-11-23(29)12-10-22)21-7-5-20(6-8-21)19-33-15-13-30-14-16-33/h2-12,17-18,28,30,32H,13-16,19H2,1H3. The van der Waals surface area contributed by atoms with E-state index < -0.39 is 0 Å². The number of pyridine rings is 1. The number of benzene rings is 3. The highest BCUT2D eigenvalue weighted by atomic mass is 35.5. The maximum absolute atomic E-state index is 6.18. The Morgan fingerprint density at radius 3 is 2.41 bits per heavy atom. The summed E-state index contributed by atoms with van der Waals surface area (Å²) < 4.78 is 5.56. The third-order valence-electron chi connectivity index (χ3n) is 6.35. The summed E-state index contributed by atoms with van der Waals surface area (Å²) in [4.78, 5) is 7.14. The van der Waals surface area contributed by atoms with Crippen molar-refractivity contribution in [3.05, 3.63) is 101 Å². The number of hydrogen-bond acceptors (Lipinski definition) is 5. The number of anilines is 1. The van der Waals surface area contributed by atoms with Crippen molar-refractivity contribution < 1.29 is 4.74 Å². The van der Waals surface area contributed by atoms with Crippen LogP contribution < -0.4 is 15.4 Å². The number of ether oxygens (including phenoxy) is 1. The number of hydrogen-bond donors (Lipinski definition) is 2. The number of nitrogens with zero attached hydrogens (tertiary/aromatic N) is 2. The fourth-order valence-corrected chi connectivity index (χ4v) is 4.63. The average molecular weight is 473 g/mol. The Bertz CT molecular complexity index is 1240. The van der Waals surface area contributed by atoms with Gasteiger partial charge in [-0.05, 0) is 47.0 Å². The van der Waals surface area contributed by atoms with Crippen LogP contribution in [0.2, 0.25) is 5.02 Å². The minimum atomic E-state index is -0.0422. The molecule has 2 N–H and O–H groups in total. The van der Waals surface area contributed by atoms with Crippen LogP contribution in [-0.2, 0) is 6.54 Å². The first-order valence-corrected chi connectivity index (χ1v) is 12.0. The molecule has 4 aromatic rings. The third kappa shape index (κ3) is 5.17. The molecule has 0 bridgehead atoms. The zero-order chi connectivity index (χ0) is 23.3. The molecule has 0 amide bonds. The van der Waals surface area contributed by atoms with Crippen molar-refractivity contribution >= 4 is 28.2 Å². The summed E-state index contributed by atoms with van der Waals surface area (Å²) in [7, 11) is 1.69. The summed E-state index contributed by atoms with van der Waals surface area (Å²) >= 11 is 6.18. The van der Waals surface area contributed by atoms with Crippen molar-refractivity contribution in [2.75, 3.05) is 38.6 Å². The maximum atomic E-state index is 6.18. The van der Waals surface area contributed by atoms with E-state index in [1.807, 2.05) is 36.5 Å². The molecule has 34 heavy (non-hydrogen) atoms. The Labute approximate surface area is 205 Å². The van der Waals surface area contributed by atoms with E-state index in [1.54, 1.807) is 7.11 Å². The van der Waals surface area contributed by atoms with E-state index in [0.717, 1.165) is 65.6 Å². The van der Waals surface area contributed by atoms with Crippen molar-refractivity contribution in [1.82, 2.24) is 15.2 Å². The van der Waals surface area contributed by atoms with Gasteiger partial charge < -0.3 is 15.4 Å². The van der Waals surface area contributed by atoms with E-state index in [4.69, 9.17) is 16.3 Å². The number of aromatic nitrogens is 1. The Balaban J connectivity index is 1.44. The number of nitrogens with one attached hydrogen (secondary N) is 2. The molecule has 5 nitrogen and oxygen atoms in total. The monoisotopic (exact) mass is 472 g/mol. The number of piperazine rings is 1. The van der Waals surface area contributed by atoms with Gasteiger partial charge in [-0.25, -0.2) is 0 Å². The van der Waals surface area contributed by atoms with Gasteiger partial charge in [0.1, 0.15) is 5.75 Å². The molecule has 1 aromatic heterocycles. The van der Waals surface area contributed by atoms with Crippen LogP contribution in [0.4, 0.5) is 5.69 Å². The molecular formula is C28H29ClN4O. The maximum Gasteiger partial charge on any atom is 0.128 e. The Hall–Kier alpha value is -3.12. The predicted molar refractivity (Wildman–Crippen MR) is 140 cm³/mol. The van der Waals surface area contributed by atoms with Crippen molar-refractivity contribution in [1.29, 1.82) is 0 Å². The Kier molecular flexibility index (Phi) is 6.95. The molecule has 1 aliphatic heterocycles. The predicted octanol–water partition coefficient (Wildman–Crippen LogP) is 5.50. The van der Waals surface area contributed by atoms with Crippen LogP contribution in [0, 0.1) is 0 Å².